The zero-order valence-electron chi connectivity index (χ0n) is 12.9. The summed E-state index contributed by atoms with van der Waals surface area (Å²) in [4.78, 5) is 22.4. The molecule has 0 saturated heterocycles. The van der Waals surface area contributed by atoms with Gasteiger partial charge in [0.15, 0.2) is 0 Å². The molecule has 0 fully saturated rings. The van der Waals surface area contributed by atoms with Crippen molar-refractivity contribution in [3.63, 3.8) is 0 Å². The van der Waals surface area contributed by atoms with Crippen LogP contribution in [0.3, 0.4) is 0 Å². The van der Waals surface area contributed by atoms with Gasteiger partial charge in [-0.15, -0.1) is 0 Å². The second-order valence-electron chi connectivity index (χ2n) is 5.82. The van der Waals surface area contributed by atoms with E-state index in [1.54, 1.807) is 0 Å². The van der Waals surface area contributed by atoms with Crippen LogP contribution in [-0.2, 0) is 9.59 Å². The molecule has 3 N–H and O–H groups in total. The van der Waals surface area contributed by atoms with E-state index in [0.717, 1.165) is 11.3 Å². The SMILES string of the molecule is Cc1ccccc1NCCC(=O)NC(C)(C)CCC(=O)O. The zero-order valence-corrected chi connectivity index (χ0v) is 12.9. The number of aliphatic carboxylic acids is 1. The molecule has 0 unspecified atom stereocenters. The van der Waals surface area contributed by atoms with E-state index in [0.29, 0.717) is 19.4 Å². The summed E-state index contributed by atoms with van der Waals surface area (Å²) in [6.07, 6.45) is 0.818. The number of benzene rings is 1. The number of carboxylic acid groups (broad SMARTS) is 1. The molecule has 0 spiro atoms. The first-order valence-corrected chi connectivity index (χ1v) is 7.12. The predicted octanol–water partition coefficient (Wildman–Crippen LogP) is 2.56. The average Bonchev–Trinajstić information content (AvgIpc) is 2.38. The van der Waals surface area contributed by atoms with E-state index in [2.05, 4.69) is 10.6 Å². The van der Waals surface area contributed by atoms with Crippen molar-refractivity contribution in [1.82, 2.24) is 5.32 Å². The Kier molecular flexibility index (Phi) is 6.21. The third-order valence-electron chi connectivity index (χ3n) is 3.25. The van der Waals surface area contributed by atoms with E-state index < -0.39 is 11.5 Å². The van der Waals surface area contributed by atoms with E-state index in [-0.39, 0.29) is 12.3 Å². The van der Waals surface area contributed by atoms with Crippen molar-refractivity contribution in [2.24, 2.45) is 0 Å². The van der Waals surface area contributed by atoms with Crippen LogP contribution in [0.1, 0.15) is 38.7 Å². The van der Waals surface area contributed by atoms with Gasteiger partial charge in [-0.2, -0.15) is 0 Å². The lowest BCUT2D eigenvalue weighted by Gasteiger charge is -2.25. The highest BCUT2D eigenvalue weighted by Crippen LogP contribution is 2.13. The second-order valence-corrected chi connectivity index (χ2v) is 5.82. The van der Waals surface area contributed by atoms with E-state index in [1.807, 2.05) is 45.0 Å². The highest BCUT2D eigenvalue weighted by molar-refractivity contribution is 5.77. The normalized spacial score (nSPS) is 11.0. The number of hydrogen-bond donors (Lipinski definition) is 3. The first kappa shape index (κ1) is 17.0. The van der Waals surface area contributed by atoms with Crippen LogP contribution in [0.4, 0.5) is 5.69 Å². The fourth-order valence-electron chi connectivity index (χ4n) is 2.00. The molecule has 1 aromatic rings. The molecule has 0 aliphatic rings. The molecule has 1 aromatic carbocycles. The second kappa shape index (κ2) is 7.67. The first-order chi connectivity index (χ1) is 9.80. The molecule has 0 aliphatic heterocycles. The van der Waals surface area contributed by atoms with E-state index in [9.17, 15) is 9.59 Å². The lowest BCUT2D eigenvalue weighted by molar-refractivity contribution is -0.137. The molecule has 116 valence electrons. The fraction of sp³-hybridized carbons (Fsp3) is 0.500. The van der Waals surface area contributed by atoms with Gasteiger partial charge in [0.05, 0.1) is 0 Å². The van der Waals surface area contributed by atoms with Gasteiger partial charge in [-0.1, -0.05) is 18.2 Å². The Morgan fingerprint density at radius 1 is 1.19 bits per heavy atom. The molecule has 0 radical (unpaired) electrons. The molecular weight excluding hydrogens is 268 g/mol. The standard InChI is InChI=1S/C16H24N2O3/c1-12-6-4-5-7-13(12)17-11-9-14(19)18-16(2,3)10-8-15(20)21/h4-7,17H,8-11H2,1-3H3,(H,18,19)(H,20,21). The van der Waals surface area contributed by atoms with Crippen molar-refractivity contribution in [3.05, 3.63) is 29.8 Å². The molecule has 0 bridgehead atoms. The molecule has 0 saturated carbocycles. The quantitative estimate of drug-likeness (QED) is 0.688. The Balaban J connectivity index is 2.34. The van der Waals surface area contributed by atoms with Crippen LogP contribution in [0.2, 0.25) is 0 Å². The van der Waals surface area contributed by atoms with Crippen molar-refractivity contribution in [2.45, 2.75) is 45.6 Å². The van der Waals surface area contributed by atoms with Crippen LogP contribution in [-0.4, -0.2) is 29.1 Å². The molecular formula is C16H24N2O3. The summed E-state index contributed by atoms with van der Waals surface area (Å²) < 4.78 is 0. The number of rotatable bonds is 8. The van der Waals surface area contributed by atoms with Crippen molar-refractivity contribution >= 4 is 17.6 Å². The fourth-order valence-corrected chi connectivity index (χ4v) is 2.00. The van der Waals surface area contributed by atoms with Gasteiger partial charge >= 0.3 is 5.97 Å². The van der Waals surface area contributed by atoms with Crippen LogP contribution in [0.25, 0.3) is 0 Å². The Hall–Kier alpha value is -2.04. The van der Waals surface area contributed by atoms with Crippen molar-refractivity contribution in [2.75, 3.05) is 11.9 Å². The third-order valence-corrected chi connectivity index (χ3v) is 3.25. The minimum atomic E-state index is -0.849. The summed E-state index contributed by atoms with van der Waals surface area (Å²) in [5.74, 6) is -0.926. The van der Waals surface area contributed by atoms with Gasteiger partial charge in [-0.25, -0.2) is 0 Å². The molecule has 1 amide bonds. The van der Waals surface area contributed by atoms with Crippen LogP contribution < -0.4 is 10.6 Å². The number of para-hydroxylation sites is 1. The summed E-state index contributed by atoms with van der Waals surface area (Å²) in [6, 6.07) is 7.91. The lowest BCUT2D eigenvalue weighted by Crippen LogP contribution is -2.44. The van der Waals surface area contributed by atoms with Gasteiger partial charge in [0, 0.05) is 30.6 Å². The molecule has 21 heavy (non-hydrogen) atoms. The Morgan fingerprint density at radius 2 is 1.86 bits per heavy atom. The topological polar surface area (TPSA) is 78.4 Å². The number of carbonyl (C=O) groups excluding carboxylic acids is 1. The highest BCUT2D eigenvalue weighted by atomic mass is 16.4. The predicted molar refractivity (Wildman–Crippen MR) is 83.4 cm³/mol. The van der Waals surface area contributed by atoms with Crippen LogP contribution >= 0.6 is 0 Å². The maximum Gasteiger partial charge on any atom is 0.303 e. The van der Waals surface area contributed by atoms with Gasteiger partial charge in [0.2, 0.25) is 5.91 Å². The molecule has 0 aliphatic carbocycles. The molecule has 0 atom stereocenters. The summed E-state index contributed by atoms with van der Waals surface area (Å²) in [5, 5.41) is 14.8. The number of carbonyl (C=O) groups is 2. The van der Waals surface area contributed by atoms with Crippen molar-refractivity contribution < 1.29 is 14.7 Å². The molecule has 1 rings (SSSR count). The summed E-state index contributed by atoms with van der Waals surface area (Å²) in [7, 11) is 0. The summed E-state index contributed by atoms with van der Waals surface area (Å²) >= 11 is 0. The van der Waals surface area contributed by atoms with Gasteiger partial charge in [-0.05, 0) is 38.8 Å². The molecule has 5 nitrogen and oxygen atoms in total. The molecule has 0 heterocycles. The van der Waals surface area contributed by atoms with Gasteiger partial charge in [0.25, 0.3) is 0 Å². The number of aryl methyl sites for hydroxylation is 1. The average molecular weight is 292 g/mol. The monoisotopic (exact) mass is 292 g/mol. The van der Waals surface area contributed by atoms with Crippen LogP contribution in [0.15, 0.2) is 24.3 Å². The lowest BCUT2D eigenvalue weighted by atomic mass is 9.98. The largest absolute Gasteiger partial charge is 0.481 e. The van der Waals surface area contributed by atoms with Crippen molar-refractivity contribution in [1.29, 1.82) is 0 Å². The number of anilines is 1. The molecule has 5 heteroatoms. The number of carboxylic acids is 1. The van der Waals surface area contributed by atoms with Gasteiger partial charge in [-0.3, -0.25) is 9.59 Å². The zero-order chi connectivity index (χ0) is 15.9. The maximum atomic E-state index is 11.9. The Morgan fingerprint density at radius 3 is 2.48 bits per heavy atom. The third kappa shape index (κ3) is 6.79. The van der Waals surface area contributed by atoms with Crippen molar-refractivity contribution in [3.8, 4) is 0 Å². The minimum absolute atomic E-state index is 0.0503. The number of nitrogens with one attached hydrogen (secondary N) is 2. The van der Waals surface area contributed by atoms with Gasteiger partial charge in [0.1, 0.15) is 0 Å². The van der Waals surface area contributed by atoms with Gasteiger partial charge < -0.3 is 15.7 Å². The molecule has 0 aromatic heterocycles. The van der Waals surface area contributed by atoms with E-state index in [1.165, 1.54) is 0 Å². The summed E-state index contributed by atoms with van der Waals surface area (Å²) in [6.45, 7) is 6.23. The Labute approximate surface area is 125 Å². The van der Waals surface area contributed by atoms with E-state index in [4.69, 9.17) is 5.11 Å². The smallest absolute Gasteiger partial charge is 0.303 e. The minimum Gasteiger partial charge on any atom is -0.481 e. The van der Waals surface area contributed by atoms with Crippen LogP contribution in [0.5, 0.6) is 0 Å². The highest BCUT2D eigenvalue weighted by Gasteiger charge is 2.21. The van der Waals surface area contributed by atoms with E-state index >= 15 is 0 Å². The van der Waals surface area contributed by atoms with Crippen LogP contribution in [0, 0.1) is 6.92 Å². The number of hydrogen-bond acceptors (Lipinski definition) is 3. The Bertz CT molecular complexity index is 498. The summed E-state index contributed by atoms with van der Waals surface area (Å²) in [5.41, 5.74) is 1.66. The first-order valence-electron chi connectivity index (χ1n) is 7.12. The number of amides is 1. The maximum absolute atomic E-state index is 11.9.